The molecule has 0 aliphatic rings. The highest BCUT2D eigenvalue weighted by atomic mass is 16.2. The lowest BCUT2D eigenvalue weighted by Gasteiger charge is -2.23. The van der Waals surface area contributed by atoms with E-state index in [2.05, 4.69) is 21.1 Å². The van der Waals surface area contributed by atoms with Crippen molar-refractivity contribution in [2.75, 3.05) is 34.3 Å². The van der Waals surface area contributed by atoms with Gasteiger partial charge in [0, 0.05) is 6.61 Å². The van der Waals surface area contributed by atoms with Gasteiger partial charge in [-0.2, -0.15) is 0 Å². The third kappa shape index (κ3) is 9.92. The van der Waals surface area contributed by atoms with Crippen LogP contribution >= 0.6 is 0 Å². The Hall–Kier alpha value is -0.0800. The van der Waals surface area contributed by atoms with E-state index in [0.717, 1.165) is 10.9 Å². The van der Waals surface area contributed by atoms with E-state index >= 15 is 0 Å². The summed E-state index contributed by atoms with van der Waals surface area (Å²) in [6.45, 7) is 1.62. The van der Waals surface area contributed by atoms with Gasteiger partial charge in [-0.1, -0.05) is 12.8 Å². The van der Waals surface area contributed by atoms with Gasteiger partial charge in [0.1, 0.15) is 0 Å². The Labute approximate surface area is 76.8 Å². The van der Waals surface area contributed by atoms with Gasteiger partial charge < -0.3 is 9.59 Å². The third-order valence-corrected chi connectivity index (χ3v) is 1.99. The fraction of sp³-hybridized carbons (Fsp3) is 1.00. The summed E-state index contributed by atoms with van der Waals surface area (Å²) < 4.78 is 1.07. The van der Waals surface area contributed by atoms with Crippen LogP contribution in [-0.4, -0.2) is 43.9 Å². The number of rotatable bonds is 7. The van der Waals surface area contributed by atoms with Crippen LogP contribution in [0.25, 0.3) is 0 Å². The quantitative estimate of drug-likeness (QED) is 0.459. The first-order valence-electron chi connectivity index (χ1n) is 4.97. The van der Waals surface area contributed by atoms with Gasteiger partial charge in [0.2, 0.25) is 0 Å². The molecule has 0 atom stereocenters. The van der Waals surface area contributed by atoms with Gasteiger partial charge in [-0.15, -0.1) is 0 Å². The summed E-state index contributed by atoms with van der Waals surface area (Å²) in [4.78, 5) is 0. The standard InChI is InChI=1S/C10H24NO/c1-11(2,3)9-7-5-4-6-8-10-12/h12H,4-10H2,1-3H3/q+1. The van der Waals surface area contributed by atoms with Crippen LogP contribution in [0, 0.1) is 0 Å². The van der Waals surface area contributed by atoms with Gasteiger partial charge in [0.25, 0.3) is 0 Å². The molecule has 0 radical (unpaired) electrons. The van der Waals surface area contributed by atoms with Crippen LogP contribution in [0.3, 0.4) is 0 Å². The fourth-order valence-corrected chi connectivity index (χ4v) is 1.23. The molecule has 0 saturated carbocycles. The second-order valence-corrected chi connectivity index (χ2v) is 4.51. The molecule has 0 aromatic rings. The van der Waals surface area contributed by atoms with E-state index < -0.39 is 0 Å². The topological polar surface area (TPSA) is 20.2 Å². The van der Waals surface area contributed by atoms with Crippen molar-refractivity contribution in [3.8, 4) is 0 Å². The predicted molar refractivity (Wildman–Crippen MR) is 53.1 cm³/mol. The average Bonchev–Trinajstić information content (AvgIpc) is 1.94. The maximum absolute atomic E-state index is 8.55. The molecule has 0 aliphatic carbocycles. The minimum absolute atomic E-state index is 0.356. The van der Waals surface area contributed by atoms with Crippen LogP contribution in [0.15, 0.2) is 0 Å². The van der Waals surface area contributed by atoms with Crippen LogP contribution in [0.2, 0.25) is 0 Å². The predicted octanol–water partition coefficient (Wildman–Crippen LogP) is 1.64. The Morgan fingerprint density at radius 1 is 0.833 bits per heavy atom. The summed E-state index contributed by atoms with van der Waals surface area (Å²) in [7, 11) is 6.69. The zero-order valence-corrected chi connectivity index (χ0v) is 8.84. The fourth-order valence-electron chi connectivity index (χ4n) is 1.23. The molecular weight excluding hydrogens is 150 g/mol. The Morgan fingerprint density at radius 2 is 1.33 bits per heavy atom. The van der Waals surface area contributed by atoms with Gasteiger partial charge in [0.15, 0.2) is 0 Å². The third-order valence-electron chi connectivity index (χ3n) is 1.99. The largest absolute Gasteiger partial charge is 0.396 e. The van der Waals surface area contributed by atoms with Crippen LogP contribution in [-0.2, 0) is 0 Å². The second-order valence-electron chi connectivity index (χ2n) is 4.51. The molecule has 0 aromatic carbocycles. The number of quaternary nitrogens is 1. The van der Waals surface area contributed by atoms with Crippen molar-refractivity contribution in [2.45, 2.75) is 32.1 Å². The molecule has 1 N–H and O–H groups in total. The van der Waals surface area contributed by atoms with Crippen molar-refractivity contribution in [3.63, 3.8) is 0 Å². The molecule has 0 aliphatic heterocycles. The number of aliphatic hydroxyl groups is 1. The molecule has 0 amide bonds. The molecule has 0 heterocycles. The van der Waals surface area contributed by atoms with Gasteiger partial charge in [0.05, 0.1) is 27.7 Å². The maximum Gasteiger partial charge on any atom is 0.0780 e. The number of nitrogens with zero attached hydrogens (tertiary/aromatic N) is 1. The summed E-state index contributed by atoms with van der Waals surface area (Å²) in [6, 6.07) is 0. The molecular formula is C10H24NO+. The molecule has 74 valence electrons. The van der Waals surface area contributed by atoms with E-state index in [-0.39, 0.29) is 0 Å². The Morgan fingerprint density at radius 3 is 1.83 bits per heavy atom. The van der Waals surface area contributed by atoms with Crippen LogP contribution in [0.5, 0.6) is 0 Å². The summed E-state index contributed by atoms with van der Waals surface area (Å²) in [6.07, 6.45) is 6.07. The molecule has 0 spiro atoms. The van der Waals surface area contributed by atoms with Crippen molar-refractivity contribution in [3.05, 3.63) is 0 Å². The smallest absolute Gasteiger partial charge is 0.0780 e. The normalized spacial score (nSPS) is 12.0. The van der Waals surface area contributed by atoms with Crippen molar-refractivity contribution in [1.82, 2.24) is 0 Å². The Bertz CT molecular complexity index is 96.5. The number of unbranched alkanes of at least 4 members (excludes halogenated alkanes) is 4. The van der Waals surface area contributed by atoms with E-state index in [9.17, 15) is 0 Å². The zero-order valence-electron chi connectivity index (χ0n) is 8.84. The van der Waals surface area contributed by atoms with Crippen molar-refractivity contribution < 1.29 is 9.59 Å². The first kappa shape index (κ1) is 11.9. The van der Waals surface area contributed by atoms with E-state index in [1.165, 1.54) is 32.2 Å². The van der Waals surface area contributed by atoms with Gasteiger partial charge in [-0.05, 0) is 19.3 Å². The van der Waals surface area contributed by atoms with E-state index in [4.69, 9.17) is 5.11 Å². The highest BCUT2D eigenvalue weighted by molar-refractivity contribution is 4.42. The van der Waals surface area contributed by atoms with E-state index in [1.54, 1.807) is 0 Å². The lowest BCUT2D eigenvalue weighted by Crippen LogP contribution is -2.35. The summed E-state index contributed by atoms with van der Waals surface area (Å²) in [5.41, 5.74) is 0. The van der Waals surface area contributed by atoms with Gasteiger partial charge >= 0.3 is 0 Å². The number of aliphatic hydroxyl groups excluding tert-OH is 1. The minimum atomic E-state index is 0.356. The zero-order chi connectivity index (χ0) is 9.45. The first-order chi connectivity index (χ1) is 5.56. The molecule has 0 aromatic heterocycles. The van der Waals surface area contributed by atoms with Crippen LogP contribution in [0.1, 0.15) is 32.1 Å². The molecule has 0 saturated heterocycles. The van der Waals surface area contributed by atoms with Crippen molar-refractivity contribution in [1.29, 1.82) is 0 Å². The van der Waals surface area contributed by atoms with E-state index in [1.807, 2.05) is 0 Å². The number of hydrogen-bond acceptors (Lipinski definition) is 1. The van der Waals surface area contributed by atoms with E-state index in [0.29, 0.717) is 6.61 Å². The first-order valence-corrected chi connectivity index (χ1v) is 4.97. The monoisotopic (exact) mass is 174 g/mol. The highest BCUT2D eigenvalue weighted by Crippen LogP contribution is 2.04. The average molecular weight is 174 g/mol. The highest BCUT2D eigenvalue weighted by Gasteiger charge is 2.04. The molecule has 12 heavy (non-hydrogen) atoms. The van der Waals surface area contributed by atoms with Crippen molar-refractivity contribution >= 4 is 0 Å². The molecule has 0 fully saturated rings. The molecule has 0 rings (SSSR count). The minimum Gasteiger partial charge on any atom is -0.396 e. The lowest BCUT2D eigenvalue weighted by atomic mass is 10.1. The summed E-state index contributed by atoms with van der Waals surface area (Å²) in [5.74, 6) is 0. The Balaban J connectivity index is 3.01. The van der Waals surface area contributed by atoms with Crippen LogP contribution in [0.4, 0.5) is 0 Å². The molecule has 2 nitrogen and oxygen atoms in total. The molecule has 0 bridgehead atoms. The lowest BCUT2D eigenvalue weighted by molar-refractivity contribution is -0.870. The van der Waals surface area contributed by atoms with Crippen LogP contribution < -0.4 is 0 Å². The second kappa shape index (κ2) is 6.44. The van der Waals surface area contributed by atoms with Gasteiger partial charge in [-0.3, -0.25) is 0 Å². The number of hydrogen-bond donors (Lipinski definition) is 1. The van der Waals surface area contributed by atoms with Gasteiger partial charge in [-0.25, -0.2) is 0 Å². The van der Waals surface area contributed by atoms with Crippen molar-refractivity contribution in [2.24, 2.45) is 0 Å². The molecule has 0 unspecified atom stereocenters. The molecule has 2 heteroatoms. The Kier molecular flexibility index (Phi) is 6.39. The summed E-state index contributed by atoms with van der Waals surface area (Å²) in [5, 5.41) is 8.55. The SMILES string of the molecule is C[N+](C)(C)CCCCCCCO. The maximum atomic E-state index is 8.55. The summed E-state index contributed by atoms with van der Waals surface area (Å²) >= 11 is 0.